The van der Waals surface area contributed by atoms with Crippen molar-refractivity contribution < 1.29 is 8.78 Å². The minimum Gasteiger partial charge on any atom is -0.306 e. The molecular weight excluding hydrogens is 254 g/mol. The zero-order valence-electron chi connectivity index (χ0n) is 10.2. The fourth-order valence-electron chi connectivity index (χ4n) is 1.85. The van der Waals surface area contributed by atoms with E-state index in [1.165, 1.54) is 17.4 Å². The van der Waals surface area contributed by atoms with Gasteiger partial charge in [-0.3, -0.25) is 0 Å². The van der Waals surface area contributed by atoms with E-state index in [9.17, 15) is 8.78 Å². The number of hydrogen-bond acceptors (Lipinski definition) is 3. The van der Waals surface area contributed by atoms with Crippen molar-refractivity contribution in [3.63, 3.8) is 0 Å². The van der Waals surface area contributed by atoms with E-state index in [0.717, 1.165) is 23.2 Å². The maximum Gasteiger partial charge on any atom is 0.159 e. The van der Waals surface area contributed by atoms with Gasteiger partial charge in [-0.2, -0.15) is 0 Å². The van der Waals surface area contributed by atoms with Gasteiger partial charge in [-0.1, -0.05) is 13.0 Å². The van der Waals surface area contributed by atoms with Crippen LogP contribution in [0.15, 0.2) is 23.7 Å². The Kier molecular flexibility index (Phi) is 4.04. The smallest absolute Gasteiger partial charge is 0.159 e. The number of hydrogen-bond donors (Lipinski definition) is 1. The number of aromatic nitrogens is 1. The number of halogens is 2. The Morgan fingerprint density at radius 2 is 2.11 bits per heavy atom. The van der Waals surface area contributed by atoms with Crippen LogP contribution in [-0.4, -0.2) is 11.5 Å². The van der Waals surface area contributed by atoms with Gasteiger partial charge < -0.3 is 5.32 Å². The van der Waals surface area contributed by atoms with Crippen LogP contribution in [-0.2, 0) is 0 Å². The number of rotatable bonds is 4. The van der Waals surface area contributed by atoms with E-state index < -0.39 is 11.6 Å². The molecule has 1 aromatic carbocycles. The van der Waals surface area contributed by atoms with Crippen LogP contribution in [0, 0.1) is 18.6 Å². The van der Waals surface area contributed by atoms with Crippen molar-refractivity contribution >= 4 is 11.3 Å². The van der Waals surface area contributed by atoms with Gasteiger partial charge in [-0.15, -0.1) is 11.3 Å². The van der Waals surface area contributed by atoms with Gasteiger partial charge in [0.05, 0.1) is 17.2 Å². The summed E-state index contributed by atoms with van der Waals surface area (Å²) >= 11 is 1.51. The quantitative estimate of drug-likeness (QED) is 0.919. The van der Waals surface area contributed by atoms with Crippen LogP contribution in [0.4, 0.5) is 8.78 Å². The SMILES string of the molecule is CCNC(c1ccc(F)c(F)c1)c1scnc1C. The lowest BCUT2D eigenvalue weighted by atomic mass is 10.0. The van der Waals surface area contributed by atoms with E-state index in [2.05, 4.69) is 10.3 Å². The number of aryl methyl sites for hydroxylation is 1. The van der Waals surface area contributed by atoms with E-state index in [1.807, 2.05) is 13.8 Å². The zero-order chi connectivity index (χ0) is 13.1. The molecule has 2 aromatic rings. The fourth-order valence-corrected chi connectivity index (χ4v) is 2.75. The highest BCUT2D eigenvalue weighted by molar-refractivity contribution is 7.09. The third-order valence-corrected chi connectivity index (χ3v) is 3.73. The highest BCUT2D eigenvalue weighted by atomic mass is 32.1. The van der Waals surface area contributed by atoms with Crippen molar-refractivity contribution in [2.75, 3.05) is 6.54 Å². The van der Waals surface area contributed by atoms with E-state index >= 15 is 0 Å². The molecule has 0 amide bonds. The molecule has 18 heavy (non-hydrogen) atoms. The van der Waals surface area contributed by atoms with Crippen molar-refractivity contribution in [3.05, 3.63) is 51.5 Å². The molecule has 0 aliphatic carbocycles. The van der Waals surface area contributed by atoms with E-state index in [-0.39, 0.29) is 6.04 Å². The lowest BCUT2D eigenvalue weighted by Gasteiger charge is -2.17. The summed E-state index contributed by atoms with van der Waals surface area (Å²) in [6, 6.07) is 3.86. The largest absolute Gasteiger partial charge is 0.306 e. The molecule has 1 N–H and O–H groups in total. The molecule has 0 aliphatic rings. The van der Waals surface area contributed by atoms with Crippen LogP contribution in [0.25, 0.3) is 0 Å². The first-order chi connectivity index (χ1) is 8.63. The van der Waals surface area contributed by atoms with Crippen LogP contribution in [0.3, 0.4) is 0 Å². The molecule has 2 nitrogen and oxygen atoms in total. The molecule has 0 saturated carbocycles. The van der Waals surface area contributed by atoms with Crippen molar-refractivity contribution in [3.8, 4) is 0 Å². The highest BCUT2D eigenvalue weighted by Crippen LogP contribution is 2.28. The van der Waals surface area contributed by atoms with Crippen LogP contribution < -0.4 is 5.32 Å². The van der Waals surface area contributed by atoms with Crippen molar-refractivity contribution in [1.82, 2.24) is 10.3 Å². The van der Waals surface area contributed by atoms with Gasteiger partial charge in [0.25, 0.3) is 0 Å². The summed E-state index contributed by atoms with van der Waals surface area (Å²) in [6.07, 6.45) is 0. The normalized spacial score (nSPS) is 12.7. The van der Waals surface area contributed by atoms with Crippen LogP contribution >= 0.6 is 11.3 Å². The summed E-state index contributed by atoms with van der Waals surface area (Å²) in [5.74, 6) is -1.65. The highest BCUT2D eigenvalue weighted by Gasteiger charge is 2.18. The molecule has 0 saturated heterocycles. The summed E-state index contributed by atoms with van der Waals surface area (Å²) < 4.78 is 26.3. The lowest BCUT2D eigenvalue weighted by molar-refractivity contribution is 0.504. The second kappa shape index (κ2) is 5.54. The molecule has 1 aromatic heterocycles. The first-order valence-electron chi connectivity index (χ1n) is 5.71. The Hall–Kier alpha value is -1.33. The number of nitrogens with one attached hydrogen (secondary N) is 1. The average molecular weight is 268 g/mol. The Morgan fingerprint density at radius 3 is 2.67 bits per heavy atom. The van der Waals surface area contributed by atoms with Crippen LogP contribution in [0.1, 0.15) is 29.1 Å². The van der Waals surface area contributed by atoms with Crippen molar-refractivity contribution in [2.45, 2.75) is 19.9 Å². The van der Waals surface area contributed by atoms with Gasteiger partial charge in [-0.05, 0) is 31.2 Å². The summed E-state index contributed by atoms with van der Waals surface area (Å²) in [4.78, 5) is 5.23. The van der Waals surface area contributed by atoms with Crippen molar-refractivity contribution in [2.24, 2.45) is 0 Å². The standard InChI is InChI=1S/C13H14F2N2S/c1-3-16-12(13-8(2)17-7-18-13)9-4-5-10(14)11(15)6-9/h4-7,12,16H,3H2,1-2H3. The number of benzene rings is 1. The maximum atomic E-state index is 13.3. The summed E-state index contributed by atoms with van der Waals surface area (Å²) in [5.41, 5.74) is 3.38. The van der Waals surface area contributed by atoms with E-state index in [0.29, 0.717) is 5.56 Å². The molecule has 2 rings (SSSR count). The molecule has 0 bridgehead atoms. The van der Waals surface area contributed by atoms with Gasteiger partial charge >= 0.3 is 0 Å². The molecule has 0 fully saturated rings. The second-order valence-corrected chi connectivity index (χ2v) is 4.85. The topological polar surface area (TPSA) is 24.9 Å². The Labute approximate surface area is 109 Å². The summed E-state index contributed by atoms with van der Waals surface area (Å²) in [6.45, 7) is 4.63. The molecule has 0 radical (unpaired) electrons. The Morgan fingerprint density at radius 1 is 1.33 bits per heavy atom. The van der Waals surface area contributed by atoms with Gasteiger partial charge in [-0.25, -0.2) is 13.8 Å². The van der Waals surface area contributed by atoms with E-state index in [4.69, 9.17) is 0 Å². The van der Waals surface area contributed by atoms with Crippen LogP contribution in [0.2, 0.25) is 0 Å². The summed E-state index contributed by atoms with van der Waals surface area (Å²) in [7, 11) is 0. The maximum absolute atomic E-state index is 13.3. The predicted octanol–water partition coefficient (Wildman–Crippen LogP) is 3.43. The number of nitrogens with zero attached hydrogens (tertiary/aromatic N) is 1. The second-order valence-electron chi connectivity index (χ2n) is 3.97. The molecule has 1 heterocycles. The first-order valence-corrected chi connectivity index (χ1v) is 6.59. The molecular formula is C13H14F2N2S. The molecule has 96 valence electrons. The number of thiazole rings is 1. The molecule has 1 atom stereocenters. The van der Waals surface area contributed by atoms with Gasteiger partial charge in [0.15, 0.2) is 11.6 Å². The van der Waals surface area contributed by atoms with Crippen molar-refractivity contribution in [1.29, 1.82) is 0 Å². The first kappa shape index (κ1) is 13.1. The third-order valence-electron chi connectivity index (χ3n) is 2.73. The minimum atomic E-state index is -0.824. The Bertz CT molecular complexity index is 540. The zero-order valence-corrected chi connectivity index (χ0v) is 11.0. The molecule has 0 spiro atoms. The van der Waals surface area contributed by atoms with Crippen LogP contribution in [0.5, 0.6) is 0 Å². The third kappa shape index (κ3) is 2.57. The fraction of sp³-hybridized carbons (Fsp3) is 0.308. The van der Waals surface area contributed by atoms with E-state index in [1.54, 1.807) is 11.6 Å². The monoisotopic (exact) mass is 268 g/mol. The van der Waals surface area contributed by atoms with Gasteiger partial charge in [0, 0.05) is 4.88 Å². The molecule has 0 aliphatic heterocycles. The average Bonchev–Trinajstić information content (AvgIpc) is 2.76. The van der Waals surface area contributed by atoms with Gasteiger partial charge in [0.2, 0.25) is 0 Å². The Balaban J connectivity index is 2.41. The minimum absolute atomic E-state index is 0.141. The lowest BCUT2D eigenvalue weighted by Crippen LogP contribution is -2.22. The molecule has 1 unspecified atom stereocenters. The summed E-state index contributed by atoms with van der Waals surface area (Å²) in [5, 5.41) is 3.27. The predicted molar refractivity (Wildman–Crippen MR) is 68.7 cm³/mol. The molecule has 5 heteroatoms. The van der Waals surface area contributed by atoms with Gasteiger partial charge in [0.1, 0.15) is 0 Å².